The number of urea groups is 1. The zero-order valence-electron chi connectivity index (χ0n) is 18.4. The zero-order chi connectivity index (χ0) is 21.6. The fourth-order valence-electron chi connectivity index (χ4n) is 4.66. The molecule has 4 rings (SSSR count). The van der Waals surface area contributed by atoms with Gasteiger partial charge in [0, 0.05) is 25.2 Å². The van der Waals surface area contributed by atoms with E-state index in [1.165, 1.54) is 24.8 Å². The minimum atomic E-state index is 0.00264. The molecule has 0 radical (unpaired) electrons. The number of aromatic nitrogens is 3. The molecular weight excluding hydrogens is 408 g/mol. The van der Waals surface area contributed by atoms with Gasteiger partial charge in [-0.25, -0.2) is 9.48 Å². The molecule has 2 aromatic rings. The molecule has 0 spiro atoms. The first-order valence-corrected chi connectivity index (χ1v) is 12.0. The van der Waals surface area contributed by atoms with E-state index in [0.717, 1.165) is 55.9 Å². The van der Waals surface area contributed by atoms with E-state index in [1.54, 1.807) is 0 Å². The van der Waals surface area contributed by atoms with Gasteiger partial charge >= 0.3 is 6.03 Å². The van der Waals surface area contributed by atoms with Crippen molar-refractivity contribution in [3.63, 3.8) is 0 Å². The van der Waals surface area contributed by atoms with E-state index in [1.807, 2.05) is 29.8 Å². The summed E-state index contributed by atoms with van der Waals surface area (Å²) in [4.78, 5) is 14.7. The van der Waals surface area contributed by atoms with Gasteiger partial charge in [-0.2, -0.15) is 5.10 Å². The maximum Gasteiger partial charge on any atom is 0.315 e. The number of nitrogens with zero attached hydrogens (tertiary/aromatic N) is 4. The molecule has 1 saturated heterocycles. The van der Waals surface area contributed by atoms with Crippen molar-refractivity contribution in [2.45, 2.75) is 77.2 Å². The van der Waals surface area contributed by atoms with Crippen molar-refractivity contribution in [2.24, 2.45) is 0 Å². The van der Waals surface area contributed by atoms with Gasteiger partial charge in [0.15, 0.2) is 4.77 Å². The average molecular weight is 443 g/mol. The lowest BCUT2D eigenvalue weighted by Gasteiger charge is -2.32. The molecule has 1 saturated carbocycles. The summed E-state index contributed by atoms with van der Waals surface area (Å²) >= 11 is 5.71. The van der Waals surface area contributed by atoms with Crippen LogP contribution in [0, 0.1) is 11.7 Å². The number of benzene rings is 1. The second kappa shape index (κ2) is 10.4. The smallest absolute Gasteiger partial charge is 0.315 e. The molecule has 8 heteroatoms. The monoisotopic (exact) mass is 442 g/mol. The summed E-state index contributed by atoms with van der Waals surface area (Å²) < 4.78 is 4.78. The Kier molecular flexibility index (Phi) is 7.40. The normalized spacial score (nSPS) is 18.7. The lowest BCUT2D eigenvalue weighted by Crippen LogP contribution is -2.50. The Balaban J connectivity index is 1.26. The molecule has 1 aliphatic carbocycles. The van der Waals surface area contributed by atoms with Crippen LogP contribution in [0.25, 0.3) is 0 Å². The number of rotatable bonds is 6. The van der Waals surface area contributed by atoms with Crippen LogP contribution in [0.2, 0.25) is 0 Å². The summed E-state index contributed by atoms with van der Waals surface area (Å²) in [5, 5.41) is 11.0. The summed E-state index contributed by atoms with van der Waals surface area (Å²) in [6.45, 7) is 5.31. The molecule has 1 aliphatic heterocycles. The van der Waals surface area contributed by atoms with Gasteiger partial charge in [0.05, 0.1) is 13.2 Å². The highest BCUT2D eigenvalue weighted by Crippen LogP contribution is 2.18. The predicted octanol–water partition coefficient (Wildman–Crippen LogP) is 3.82. The molecule has 1 aromatic carbocycles. The van der Waals surface area contributed by atoms with Crippen LogP contribution in [0.3, 0.4) is 0 Å². The van der Waals surface area contributed by atoms with E-state index >= 15 is 0 Å². The van der Waals surface area contributed by atoms with Crippen LogP contribution in [0.1, 0.15) is 56.3 Å². The highest BCUT2D eigenvalue weighted by atomic mass is 32.1. The van der Waals surface area contributed by atoms with Crippen molar-refractivity contribution in [1.29, 1.82) is 0 Å². The molecule has 168 valence electrons. The number of likely N-dealkylation sites (tertiary alicyclic amines) is 1. The lowest BCUT2D eigenvalue weighted by atomic mass is 9.96. The maximum atomic E-state index is 12.3. The number of hydrogen-bond acceptors (Lipinski definition) is 4. The number of piperidine rings is 1. The zero-order valence-corrected chi connectivity index (χ0v) is 19.2. The summed E-state index contributed by atoms with van der Waals surface area (Å²) in [6, 6.07) is 10.9. The number of carbonyl (C=O) groups is 1. The van der Waals surface area contributed by atoms with Gasteiger partial charge < -0.3 is 10.6 Å². The molecule has 2 amide bonds. The maximum absolute atomic E-state index is 12.3. The van der Waals surface area contributed by atoms with Crippen LogP contribution in [0.4, 0.5) is 4.79 Å². The minimum Gasteiger partial charge on any atom is -0.335 e. The molecule has 31 heavy (non-hydrogen) atoms. The lowest BCUT2D eigenvalue weighted by molar-refractivity contribution is 0.150. The third kappa shape index (κ3) is 5.95. The highest BCUT2D eigenvalue weighted by Gasteiger charge is 2.23. The first kappa shape index (κ1) is 22.0. The molecular formula is C23H34N6OS. The molecule has 1 aromatic heterocycles. The fraction of sp³-hybridized carbons (Fsp3) is 0.609. The third-order valence-electron chi connectivity index (χ3n) is 6.49. The fourth-order valence-corrected chi connectivity index (χ4v) is 4.95. The molecule has 2 aliphatic rings. The number of amides is 2. The Morgan fingerprint density at radius 2 is 1.68 bits per heavy atom. The predicted molar refractivity (Wildman–Crippen MR) is 124 cm³/mol. The topological polar surface area (TPSA) is 67.1 Å². The third-order valence-corrected chi connectivity index (χ3v) is 6.92. The summed E-state index contributed by atoms with van der Waals surface area (Å²) in [7, 11) is 0. The van der Waals surface area contributed by atoms with Crippen LogP contribution in [-0.2, 0) is 13.2 Å². The second-order valence-electron chi connectivity index (χ2n) is 8.89. The van der Waals surface area contributed by atoms with Crippen molar-refractivity contribution >= 4 is 18.2 Å². The molecule has 0 bridgehead atoms. The van der Waals surface area contributed by atoms with E-state index < -0.39 is 0 Å². The average Bonchev–Trinajstić information content (AvgIpc) is 3.04. The number of hydrogen-bond donors (Lipinski definition) is 2. The standard InChI is InChI=1S/C23H34N6OS/c1-18-26-29(23(31)28(18)16-19-8-4-2-5-9-19)17-27-14-12-21(13-15-27)25-22(30)24-20-10-6-3-7-11-20/h2,4-5,8-9,20-21H,3,6-7,10-17H2,1H3,(H2,24,25,30). The summed E-state index contributed by atoms with van der Waals surface area (Å²) in [5.74, 6) is 0.935. The van der Waals surface area contributed by atoms with Crippen LogP contribution in [-0.4, -0.2) is 50.5 Å². The Morgan fingerprint density at radius 3 is 2.35 bits per heavy atom. The van der Waals surface area contributed by atoms with Crippen LogP contribution >= 0.6 is 12.2 Å². The van der Waals surface area contributed by atoms with Gasteiger partial charge in [-0.05, 0) is 50.4 Å². The van der Waals surface area contributed by atoms with Gasteiger partial charge in [0.1, 0.15) is 5.82 Å². The van der Waals surface area contributed by atoms with Gasteiger partial charge in [0.25, 0.3) is 0 Å². The molecule has 7 nitrogen and oxygen atoms in total. The van der Waals surface area contributed by atoms with Crippen LogP contribution in [0.5, 0.6) is 0 Å². The minimum absolute atomic E-state index is 0.00264. The van der Waals surface area contributed by atoms with E-state index in [0.29, 0.717) is 12.7 Å². The van der Waals surface area contributed by atoms with Crippen LogP contribution in [0.15, 0.2) is 30.3 Å². The quantitative estimate of drug-likeness (QED) is 0.668. The Labute approximate surface area is 189 Å². The van der Waals surface area contributed by atoms with Gasteiger partial charge in [-0.3, -0.25) is 9.47 Å². The van der Waals surface area contributed by atoms with Crippen molar-refractivity contribution in [1.82, 2.24) is 29.9 Å². The van der Waals surface area contributed by atoms with Crippen molar-refractivity contribution in [3.8, 4) is 0 Å². The number of carbonyl (C=O) groups excluding carboxylic acids is 1. The van der Waals surface area contributed by atoms with Crippen molar-refractivity contribution < 1.29 is 4.79 Å². The first-order chi connectivity index (χ1) is 15.1. The number of nitrogens with one attached hydrogen (secondary N) is 2. The molecule has 2 heterocycles. The summed E-state index contributed by atoms with van der Waals surface area (Å²) in [6.07, 6.45) is 7.89. The molecule has 2 fully saturated rings. The van der Waals surface area contributed by atoms with Gasteiger partial charge in [0.2, 0.25) is 0 Å². The number of aryl methyl sites for hydroxylation is 1. The van der Waals surface area contributed by atoms with E-state index in [2.05, 4.69) is 37.3 Å². The summed E-state index contributed by atoms with van der Waals surface area (Å²) in [5.41, 5.74) is 1.22. The highest BCUT2D eigenvalue weighted by molar-refractivity contribution is 7.71. The van der Waals surface area contributed by atoms with E-state index in [-0.39, 0.29) is 12.1 Å². The Hall–Kier alpha value is -2.19. The molecule has 2 N–H and O–H groups in total. The Morgan fingerprint density at radius 1 is 1.03 bits per heavy atom. The molecule has 0 atom stereocenters. The van der Waals surface area contributed by atoms with Crippen molar-refractivity contribution in [2.75, 3.05) is 13.1 Å². The Bertz CT molecular complexity index is 910. The van der Waals surface area contributed by atoms with E-state index in [4.69, 9.17) is 12.2 Å². The SMILES string of the molecule is Cc1nn(CN2CCC(NC(=O)NC3CCCCC3)CC2)c(=S)n1Cc1ccccc1. The van der Waals surface area contributed by atoms with Crippen LogP contribution < -0.4 is 10.6 Å². The van der Waals surface area contributed by atoms with E-state index in [9.17, 15) is 4.79 Å². The van der Waals surface area contributed by atoms with Gasteiger partial charge in [-0.15, -0.1) is 0 Å². The van der Waals surface area contributed by atoms with Crippen molar-refractivity contribution in [3.05, 3.63) is 46.5 Å². The first-order valence-electron chi connectivity index (χ1n) is 11.6. The molecule has 0 unspecified atom stereocenters. The van der Waals surface area contributed by atoms with Gasteiger partial charge in [-0.1, -0.05) is 49.6 Å². The largest absolute Gasteiger partial charge is 0.335 e. The second-order valence-corrected chi connectivity index (χ2v) is 9.25.